The fourth-order valence-electron chi connectivity index (χ4n) is 3.96. The van der Waals surface area contributed by atoms with Gasteiger partial charge in [-0.25, -0.2) is 19.4 Å². The Morgan fingerprint density at radius 3 is 2.56 bits per heavy atom. The van der Waals surface area contributed by atoms with Crippen LogP contribution < -0.4 is 10.6 Å². The van der Waals surface area contributed by atoms with E-state index in [1.807, 2.05) is 6.07 Å². The molecule has 0 spiro atoms. The van der Waals surface area contributed by atoms with Crippen molar-refractivity contribution in [3.05, 3.63) is 89.7 Å². The number of amides is 2. The summed E-state index contributed by atoms with van der Waals surface area (Å²) in [4.78, 5) is 43.0. The lowest BCUT2D eigenvalue weighted by Crippen LogP contribution is -2.47. The molecule has 1 unspecified atom stereocenters. The molecule has 3 aromatic heterocycles. The van der Waals surface area contributed by atoms with Gasteiger partial charge in [0.15, 0.2) is 5.76 Å². The minimum atomic E-state index is -0.909. The van der Waals surface area contributed by atoms with Crippen LogP contribution in [0.5, 0.6) is 0 Å². The SMILES string of the molecule is CCOC(=O)C1=C(COC(=O)c2cc(-c3ccco3)nc3ccccc23)NC(=O)NC1c1ccco1. The number of furan rings is 2. The number of para-hydroxylation sites is 1. The van der Waals surface area contributed by atoms with Crippen molar-refractivity contribution in [2.45, 2.75) is 13.0 Å². The summed E-state index contributed by atoms with van der Waals surface area (Å²) in [5.41, 5.74) is 1.47. The maximum absolute atomic E-state index is 13.3. The van der Waals surface area contributed by atoms with E-state index in [-0.39, 0.29) is 30.0 Å². The van der Waals surface area contributed by atoms with E-state index >= 15 is 0 Å². The van der Waals surface area contributed by atoms with Gasteiger partial charge in [0.05, 0.1) is 41.5 Å². The number of carbonyl (C=O) groups is 3. The van der Waals surface area contributed by atoms with Crippen LogP contribution in [0.25, 0.3) is 22.4 Å². The molecular weight excluding hydrogens is 466 g/mol. The molecule has 4 aromatic rings. The lowest BCUT2D eigenvalue weighted by atomic mass is 10.0. The average Bonchev–Trinajstić information content (AvgIpc) is 3.61. The van der Waals surface area contributed by atoms with E-state index in [4.69, 9.17) is 18.3 Å². The molecule has 182 valence electrons. The van der Waals surface area contributed by atoms with Crippen molar-refractivity contribution in [3.63, 3.8) is 0 Å². The van der Waals surface area contributed by atoms with Crippen molar-refractivity contribution in [2.24, 2.45) is 0 Å². The fourth-order valence-corrected chi connectivity index (χ4v) is 3.96. The Balaban J connectivity index is 1.49. The summed E-state index contributed by atoms with van der Waals surface area (Å²) in [6.45, 7) is 1.40. The highest BCUT2D eigenvalue weighted by atomic mass is 16.5. The van der Waals surface area contributed by atoms with Crippen LogP contribution in [0.15, 0.2) is 87.2 Å². The predicted octanol–water partition coefficient (Wildman–Crippen LogP) is 4.12. The van der Waals surface area contributed by atoms with Crippen molar-refractivity contribution in [2.75, 3.05) is 13.2 Å². The lowest BCUT2D eigenvalue weighted by Gasteiger charge is -2.27. The first-order valence-corrected chi connectivity index (χ1v) is 11.2. The molecule has 10 heteroatoms. The Labute approximate surface area is 204 Å². The second-order valence-corrected chi connectivity index (χ2v) is 7.79. The maximum atomic E-state index is 13.3. The molecule has 10 nitrogen and oxygen atoms in total. The molecule has 1 aromatic carbocycles. The van der Waals surface area contributed by atoms with E-state index in [9.17, 15) is 14.4 Å². The quantitative estimate of drug-likeness (QED) is 0.372. The Bertz CT molecular complexity index is 1460. The lowest BCUT2D eigenvalue weighted by molar-refractivity contribution is -0.139. The third-order valence-electron chi connectivity index (χ3n) is 5.53. The molecular formula is C26H21N3O7. The summed E-state index contributed by atoms with van der Waals surface area (Å²) in [5, 5.41) is 5.78. The minimum Gasteiger partial charge on any atom is -0.467 e. The first kappa shape index (κ1) is 22.9. The molecule has 1 aliphatic rings. The Kier molecular flexibility index (Phi) is 6.23. The van der Waals surface area contributed by atoms with Gasteiger partial charge in [-0.1, -0.05) is 18.2 Å². The van der Waals surface area contributed by atoms with Crippen molar-refractivity contribution < 1.29 is 32.7 Å². The number of urea groups is 1. The van der Waals surface area contributed by atoms with Gasteiger partial charge in [-0.05, 0) is 43.3 Å². The number of rotatable bonds is 7. The highest BCUT2D eigenvalue weighted by Gasteiger charge is 2.36. The normalized spacial score (nSPS) is 15.4. The number of nitrogens with one attached hydrogen (secondary N) is 2. The molecule has 5 rings (SSSR count). The molecule has 0 aliphatic carbocycles. The summed E-state index contributed by atoms with van der Waals surface area (Å²) < 4.78 is 21.6. The number of hydrogen-bond donors (Lipinski definition) is 2. The van der Waals surface area contributed by atoms with Crippen molar-refractivity contribution >= 4 is 28.9 Å². The summed E-state index contributed by atoms with van der Waals surface area (Å²) >= 11 is 0. The van der Waals surface area contributed by atoms with Crippen molar-refractivity contribution in [1.82, 2.24) is 15.6 Å². The minimum absolute atomic E-state index is 0.0788. The number of carbonyl (C=O) groups excluding carboxylic acids is 3. The second kappa shape index (κ2) is 9.79. The first-order valence-electron chi connectivity index (χ1n) is 11.2. The van der Waals surface area contributed by atoms with E-state index in [1.54, 1.807) is 55.5 Å². The summed E-state index contributed by atoms with van der Waals surface area (Å²) in [7, 11) is 0. The number of esters is 2. The van der Waals surface area contributed by atoms with Gasteiger partial charge in [0, 0.05) is 5.39 Å². The standard InChI is InChI=1S/C26H21N3O7/c1-2-33-25(31)22-19(28-26(32)29-23(22)21-10-6-12-35-21)14-36-24(30)16-13-18(20-9-5-11-34-20)27-17-8-4-3-7-15(16)17/h3-13,23H,2,14H2,1H3,(H2,28,29,32). The van der Waals surface area contributed by atoms with Gasteiger partial charge in [-0.15, -0.1) is 0 Å². The van der Waals surface area contributed by atoms with Crippen LogP contribution in [0.4, 0.5) is 4.79 Å². The Morgan fingerprint density at radius 1 is 1.00 bits per heavy atom. The third-order valence-corrected chi connectivity index (χ3v) is 5.53. The zero-order chi connectivity index (χ0) is 25.1. The first-order chi connectivity index (χ1) is 17.5. The topological polar surface area (TPSA) is 133 Å². The van der Waals surface area contributed by atoms with E-state index in [1.165, 1.54) is 12.5 Å². The number of benzene rings is 1. The van der Waals surface area contributed by atoms with E-state index < -0.39 is 24.0 Å². The van der Waals surface area contributed by atoms with Crippen LogP contribution in [0.2, 0.25) is 0 Å². The van der Waals surface area contributed by atoms with Gasteiger partial charge in [-0.2, -0.15) is 0 Å². The Morgan fingerprint density at radius 2 is 1.81 bits per heavy atom. The number of nitrogens with zero attached hydrogens (tertiary/aromatic N) is 1. The highest BCUT2D eigenvalue weighted by molar-refractivity contribution is 6.04. The molecule has 0 saturated carbocycles. The monoisotopic (exact) mass is 487 g/mol. The molecule has 0 saturated heterocycles. The molecule has 4 heterocycles. The zero-order valence-electron chi connectivity index (χ0n) is 19.1. The number of fused-ring (bicyclic) bond motifs is 1. The Hall–Kier alpha value is -4.86. The largest absolute Gasteiger partial charge is 0.467 e. The molecule has 0 bridgehead atoms. The third kappa shape index (κ3) is 4.43. The maximum Gasteiger partial charge on any atom is 0.339 e. The van der Waals surface area contributed by atoms with Crippen LogP contribution >= 0.6 is 0 Å². The summed E-state index contributed by atoms with van der Waals surface area (Å²) in [6.07, 6.45) is 2.94. The average molecular weight is 487 g/mol. The van der Waals surface area contributed by atoms with Gasteiger partial charge in [0.25, 0.3) is 0 Å². The molecule has 0 radical (unpaired) electrons. The molecule has 1 atom stereocenters. The number of hydrogen-bond acceptors (Lipinski definition) is 8. The number of pyridine rings is 1. The van der Waals surface area contributed by atoms with Crippen LogP contribution in [-0.4, -0.2) is 36.2 Å². The van der Waals surface area contributed by atoms with Gasteiger partial charge < -0.3 is 28.9 Å². The predicted molar refractivity (Wildman–Crippen MR) is 127 cm³/mol. The number of aromatic nitrogens is 1. The van der Waals surface area contributed by atoms with Crippen molar-refractivity contribution in [1.29, 1.82) is 0 Å². The van der Waals surface area contributed by atoms with E-state index in [2.05, 4.69) is 15.6 Å². The van der Waals surface area contributed by atoms with Crippen LogP contribution in [0.1, 0.15) is 29.1 Å². The fraction of sp³-hybridized carbons (Fsp3) is 0.154. The van der Waals surface area contributed by atoms with Crippen LogP contribution in [0, 0.1) is 0 Å². The summed E-state index contributed by atoms with van der Waals surface area (Å²) in [5.74, 6) is -0.514. The van der Waals surface area contributed by atoms with Gasteiger partial charge in [-0.3, -0.25) is 0 Å². The number of ether oxygens (including phenoxy) is 2. The molecule has 0 fully saturated rings. The molecule has 36 heavy (non-hydrogen) atoms. The van der Waals surface area contributed by atoms with Crippen LogP contribution in [-0.2, 0) is 14.3 Å². The van der Waals surface area contributed by atoms with E-state index in [0.717, 1.165) is 0 Å². The van der Waals surface area contributed by atoms with E-state index in [0.29, 0.717) is 28.1 Å². The molecule has 2 N–H and O–H groups in total. The van der Waals surface area contributed by atoms with Gasteiger partial charge in [0.1, 0.15) is 24.1 Å². The van der Waals surface area contributed by atoms with Gasteiger partial charge >= 0.3 is 18.0 Å². The zero-order valence-corrected chi connectivity index (χ0v) is 19.1. The molecule has 1 aliphatic heterocycles. The van der Waals surface area contributed by atoms with Crippen LogP contribution in [0.3, 0.4) is 0 Å². The highest BCUT2D eigenvalue weighted by Crippen LogP contribution is 2.29. The summed E-state index contributed by atoms with van der Waals surface area (Å²) in [6, 6.07) is 14.0. The van der Waals surface area contributed by atoms with Crippen molar-refractivity contribution in [3.8, 4) is 11.5 Å². The molecule has 2 amide bonds. The smallest absolute Gasteiger partial charge is 0.339 e. The van der Waals surface area contributed by atoms with Gasteiger partial charge in [0.2, 0.25) is 0 Å². The second-order valence-electron chi connectivity index (χ2n) is 7.79.